The van der Waals surface area contributed by atoms with Crippen LogP contribution in [-0.2, 0) is 23.9 Å². The van der Waals surface area contributed by atoms with Gasteiger partial charge in [0.1, 0.15) is 0 Å². The molecule has 21 heavy (non-hydrogen) atoms. The van der Waals surface area contributed by atoms with E-state index in [1.54, 1.807) is 13.0 Å². The number of halogens is 3. The van der Waals surface area contributed by atoms with Gasteiger partial charge in [-0.05, 0) is 31.2 Å². The number of fused-ring (bicyclic) bond motifs is 1. The van der Waals surface area contributed by atoms with Crippen molar-refractivity contribution in [3.05, 3.63) is 35.5 Å². The van der Waals surface area contributed by atoms with Crippen LogP contribution >= 0.6 is 0 Å². The molecular formula is C15H16F3NO2. The van der Waals surface area contributed by atoms with Gasteiger partial charge in [-0.15, -0.1) is 0 Å². The summed E-state index contributed by atoms with van der Waals surface area (Å²) >= 11 is 0. The lowest BCUT2D eigenvalue weighted by Gasteiger charge is -2.11. The number of aliphatic carboxylic acids is 1. The van der Waals surface area contributed by atoms with Crippen molar-refractivity contribution in [1.29, 1.82) is 0 Å². The summed E-state index contributed by atoms with van der Waals surface area (Å²) in [6.07, 6.45) is -4.09. The van der Waals surface area contributed by atoms with Crippen molar-refractivity contribution in [1.82, 2.24) is 4.57 Å². The van der Waals surface area contributed by atoms with Gasteiger partial charge in [0.05, 0.1) is 11.5 Å². The number of benzene rings is 1. The minimum atomic E-state index is -4.38. The van der Waals surface area contributed by atoms with Crippen LogP contribution in [0.15, 0.2) is 24.3 Å². The summed E-state index contributed by atoms with van der Waals surface area (Å²) in [5, 5.41) is 9.46. The number of carbonyl (C=O) groups is 1. The number of aromatic nitrogens is 1. The van der Waals surface area contributed by atoms with E-state index < -0.39 is 23.6 Å². The average Bonchev–Trinajstić information content (AvgIpc) is 2.73. The van der Waals surface area contributed by atoms with Crippen molar-refractivity contribution in [2.75, 3.05) is 0 Å². The Kier molecular flexibility index (Phi) is 3.98. The number of rotatable bonds is 4. The minimum Gasteiger partial charge on any atom is -0.481 e. The normalized spacial score (nSPS) is 13.6. The van der Waals surface area contributed by atoms with Crippen LogP contribution in [0.3, 0.4) is 0 Å². The molecule has 1 aromatic heterocycles. The molecule has 1 heterocycles. The molecule has 1 N–H and O–H groups in total. The number of hydrogen-bond acceptors (Lipinski definition) is 1. The van der Waals surface area contributed by atoms with Gasteiger partial charge in [0, 0.05) is 29.6 Å². The zero-order chi connectivity index (χ0) is 15.8. The van der Waals surface area contributed by atoms with Gasteiger partial charge >= 0.3 is 12.1 Å². The number of carboxylic acid groups (broad SMARTS) is 1. The van der Waals surface area contributed by atoms with E-state index in [9.17, 15) is 18.0 Å². The molecule has 1 unspecified atom stereocenters. The smallest absolute Gasteiger partial charge is 0.416 e. The Hall–Kier alpha value is -1.98. The van der Waals surface area contributed by atoms with Crippen LogP contribution in [0.5, 0.6) is 0 Å². The van der Waals surface area contributed by atoms with E-state index in [1.807, 2.05) is 11.5 Å². The molecule has 1 aromatic carbocycles. The Morgan fingerprint density at radius 1 is 1.33 bits per heavy atom. The summed E-state index contributed by atoms with van der Waals surface area (Å²) in [6, 6.07) is 5.25. The summed E-state index contributed by atoms with van der Waals surface area (Å²) in [4.78, 5) is 10.9. The summed E-state index contributed by atoms with van der Waals surface area (Å²) in [5.41, 5.74) is 0.737. The van der Waals surface area contributed by atoms with Crippen molar-refractivity contribution in [2.45, 2.75) is 33.0 Å². The molecule has 0 spiro atoms. The highest BCUT2D eigenvalue weighted by atomic mass is 19.4. The van der Waals surface area contributed by atoms with Crippen molar-refractivity contribution >= 4 is 16.9 Å². The molecule has 2 rings (SSSR count). The molecule has 0 saturated heterocycles. The molecule has 0 amide bonds. The van der Waals surface area contributed by atoms with Crippen LogP contribution in [0.4, 0.5) is 13.2 Å². The van der Waals surface area contributed by atoms with Crippen LogP contribution in [0.1, 0.15) is 25.1 Å². The lowest BCUT2D eigenvalue weighted by molar-refractivity contribution is -0.141. The Labute approximate surface area is 120 Å². The van der Waals surface area contributed by atoms with Crippen LogP contribution in [0.25, 0.3) is 10.9 Å². The van der Waals surface area contributed by atoms with E-state index in [0.717, 1.165) is 17.8 Å². The molecule has 114 valence electrons. The third kappa shape index (κ3) is 3.04. The maximum atomic E-state index is 12.7. The molecular weight excluding hydrogens is 283 g/mol. The second-order valence-corrected chi connectivity index (χ2v) is 5.09. The van der Waals surface area contributed by atoms with E-state index >= 15 is 0 Å². The molecule has 0 radical (unpaired) electrons. The Morgan fingerprint density at radius 2 is 2.00 bits per heavy atom. The third-order valence-corrected chi connectivity index (χ3v) is 3.57. The summed E-state index contributed by atoms with van der Waals surface area (Å²) in [5.74, 6) is -1.50. The predicted molar refractivity (Wildman–Crippen MR) is 73.1 cm³/mol. The molecule has 0 fully saturated rings. The van der Waals surface area contributed by atoms with E-state index in [1.165, 1.54) is 6.07 Å². The first-order valence-corrected chi connectivity index (χ1v) is 6.66. The molecule has 3 nitrogen and oxygen atoms in total. The lowest BCUT2D eigenvalue weighted by atomic mass is 10.1. The summed E-state index contributed by atoms with van der Waals surface area (Å²) in [6.45, 7) is 4.05. The first kappa shape index (κ1) is 15.4. The van der Waals surface area contributed by atoms with Gasteiger partial charge in [-0.25, -0.2) is 0 Å². The van der Waals surface area contributed by atoms with E-state index in [4.69, 9.17) is 5.11 Å². The third-order valence-electron chi connectivity index (χ3n) is 3.57. The maximum absolute atomic E-state index is 12.7. The number of hydrogen-bond donors (Lipinski definition) is 1. The van der Waals surface area contributed by atoms with Crippen molar-refractivity contribution in [3.8, 4) is 0 Å². The van der Waals surface area contributed by atoms with E-state index in [0.29, 0.717) is 23.9 Å². The average molecular weight is 299 g/mol. The second kappa shape index (κ2) is 5.42. The number of aryl methyl sites for hydroxylation is 1. The topological polar surface area (TPSA) is 42.2 Å². The van der Waals surface area contributed by atoms with E-state index in [-0.39, 0.29) is 0 Å². The fourth-order valence-corrected chi connectivity index (χ4v) is 2.45. The van der Waals surface area contributed by atoms with Crippen molar-refractivity contribution < 1.29 is 23.1 Å². The molecule has 0 bridgehead atoms. The predicted octanol–water partition coefficient (Wildman–Crippen LogP) is 3.94. The standard InChI is InChI=1S/C15H16F3NO2/c1-3-19-12(6-9(2)14(20)21)8-10-7-11(15(16,17)18)4-5-13(10)19/h4-5,7-9H,3,6H2,1-2H3,(H,20,21). The van der Waals surface area contributed by atoms with Gasteiger partial charge < -0.3 is 9.67 Å². The largest absolute Gasteiger partial charge is 0.481 e. The number of alkyl halides is 3. The molecule has 0 aliphatic rings. The fourth-order valence-electron chi connectivity index (χ4n) is 2.45. The SMILES string of the molecule is CCn1c(CC(C)C(=O)O)cc2cc(C(F)(F)F)ccc21. The van der Waals surface area contributed by atoms with Crippen LogP contribution in [0.2, 0.25) is 0 Å². The second-order valence-electron chi connectivity index (χ2n) is 5.09. The molecule has 1 atom stereocenters. The van der Waals surface area contributed by atoms with Gasteiger partial charge in [-0.1, -0.05) is 6.92 Å². The summed E-state index contributed by atoms with van der Waals surface area (Å²) in [7, 11) is 0. The lowest BCUT2D eigenvalue weighted by Crippen LogP contribution is -2.14. The van der Waals surface area contributed by atoms with Gasteiger partial charge in [0.25, 0.3) is 0 Å². The van der Waals surface area contributed by atoms with Crippen LogP contribution in [0, 0.1) is 5.92 Å². The Morgan fingerprint density at radius 3 is 2.52 bits per heavy atom. The Bertz CT molecular complexity index is 673. The van der Waals surface area contributed by atoms with Gasteiger partial charge in [0.15, 0.2) is 0 Å². The highest BCUT2D eigenvalue weighted by molar-refractivity contribution is 5.82. The summed E-state index contributed by atoms with van der Waals surface area (Å²) < 4.78 is 40.1. The molecule has 0 saturated carbocycles. The minimum absolute atomic E-state index is 0.291. The zero-order valence-corrected chi connectivity index (χ0v) is 11.7. The Balaban J connectivity index is 2.50. The van der Waals surface area contributed by atoms with Crippen LogP contribution < -0.4 is 0 Å². The van der Waals surface area contributed by atoms with Gasteiger partial charge in [0.2, 0.25) is 0 Å². The molecule has 0 aliphatic heterocycles. The highest BCUT2D eigenvalue weighted by Crippen LogP contribution is 2.32. The van der Waals surface area contributed by atoms with E-state index in [2.05, 4.69) is 0 Å². The molecule has 2 aromatic rings. The number of carboxylic acids is 1. The van der Waals surface area contributed by atoms with Crippen molar-refractivity contribution in [2.24, 2.45) is 5.92 Å². The quantitative estimate of drug-likeness (QED) is 0.929. The van der Waals surface area contributed by atoms with Gasteiger partial charge in [-0.2, -0.15) is 13.2 Å². The number of nitrogens with zero attached hydrogens (tertiary/aromatic N) is 1. The fraction of sp³-hybridized carbons (Fsp3) is 0.400. The zero-order valence-electron chi connectivity index (χ0n) is 11.7. The van der Waals surface area contributed by atoms with Crippen molar-refractivity contribution in [3.63, 3.8) is 0 Å². The van der Waals surface area contributed by atoms with Gasteiger partial charge in [-0.3, -0.25) is 4.79 Å². The maximum Gasteiger partial charge on any atom is 0.416 e. The first-order valence-electron chi connectivity index (χ1n) is 6.66. The molecule has 0 aliphatic carbocycles. The monoisotopic (exact) mass is 299 g/mol. The molecule has 6 heteroatoms. The highest BCUT2D eigenvalue weighted by Gasteiger charge is 2.30. The van der Waals surface area contributed by atoms with Crippen LogP contribution in [-0.4, -0.2) is 15.6 Å². The first-order chi connectivity index (χ1) is 9.74.